The van der Waals surface area contributed by atoms with Gasteiger partial charge in [0.1, 0.15) is 17.3 Å². The number of rotatable bonds is 5. The Morgan fingerprint density at radius 3 is 1.83 bits per heavy atom. The van der Waals surface area contributed by atoms with Crippen LogP contribution in [0.15, 0.2) is 48.5 Å². The predicted molar refractivity (Wildman–Crippen MR) is 91.9 cm³/mol. The number of nitrogens with one attached hydrogen (secondary N) is 1. The summed E-state index contributed by atoms with van der Waals surface area (Å²) < 4.78 is 10.5. The number of ether oxygens (including phenoxy) is 2. The number of aromatic nitrogens is 2. The highest BCUT2D eigenvalue weighted by Crippen LogP contribution is 2.32. The smallest absolute Gasteiger partial charge is 0.118 e. The zero-order valence-electron chi connectivity index (χ0n) is 13.6. The lowest BCUT2D eigenvalue weighted by Gasteiger charge is -2.06. The molecular formula is C19H20N2O2. The summed E-state index contributed by atoms with van der Waals surface area (Å²) in [4.78, 5) is 8.17. The molecule has 2 aromatic carbocycles. The Morgan fingerprint density at radius 2 is 1.35 bits per heavy atom. The van der Waals surface area contributed by atoms with Crippen molar-refractivity contribution < 1.29 is 9.47 Å². The first-order valence-corrected chi connectivity index (χ1v) is 7.63. The van der Waals surface area contributed by atoms with Crippen LogP contribution in [0.1, 0.15) is 12.7 Å². The molecule has 0 atom stereocenters. The highest BCUT2D eigenvalue weighted by Gasteiger charge is 2.13. The zero-order chi connectivity index (χ0) is 16.2. The summed E-state index contributed by atoms with van der Waals surface area (Å²) >= 11 is 0. The molecule has 0 spiro atoms. The van der Waals surface area contributed by atoms with E-state index < -0.39 is 0 Å². The van der Waals surface area contributed by atoms with Crippen molar-refractivity contribution in [1.82, 2.24) is 9.97 Å². The van der Waals surface area contributed by atoms with Crippen LogP contribution in [0.2, 0.25) is 0 Å². The van der Waals surface area contributed by atoms with Gasteiger partial charge < -0.3 is 14.5 Å². The molecule has 0 saturated heterocycles. The number of hydrogen-bond acceptors (Lipinski definition) is 3. The summed E-state index contributed by atoms with van der Waals surface area (Å²) in [7, 11) is 3.34. The van der Waals surface area contributed by atoms with Gasteiger partial charge in [0.15, 0.2) is 0 Å². The molecule has 0 aliphatic heterocycles. The molecule has 4 heteroatoms. The second-order valence-corrected chi connectivity index (χ2v) is 5.22. The molecule has 4 nitrogen and oxygen atoms in total. The molecule has 1 heterocycles. The summed E-state index contributed by atoms with van der Waals surface area (Å²) in [5.74, 6) is 2.66. The minimum atomic E-state index is 0.839. The molecule has 0 saturated carbocycles. The van der Waals surface area contributed by atoms with Crippen molar-refractivity contribution in [3.05, 3.63) is 54.4 Å². The van der Waals surface area contributed by atoms with Crippen LogP contribution in [0.5, 0.6) is 11.5 Å². The molecule has 1 aromatic heterocycles. The molecular weight excluding hydrogens is 288 g/mol. The Bertz CT molecular complexity index is 709. The van der Waals surface area contributed by atoms with Crippen molar-refractivity contribution in [2.24, 2.45) is 0 Å². The van der Waals surface area contributed by atoms with Crippen molar-refractivity contribution in [3.63, 3.8) is 0 Å². The first kappa shape index (κ1) is 15.2. The fraction of sp³-hybridized carbons (Fsp3) is 0.211. The number of benzene rings is 2. The number of hydrogen-bond donors (Lipinski definition) is 1. The molecule has 0 unspecified atom stereocenters. The van der Waals surface area contributed by atoms with Gasteiger partial charge in [0, 0.05) is 17.5 Å². The Balaban J connectivity index is 2.06. The van der Waals surface area contributed by atoms with Gasteiger partial charge in [0.05, 0.1) is 25.6 Å². The van der Waals surface area contributed by atoms with Crippen molar-refractivity contribution in [1.29, 1.82) is 0 Å². The summed E-state index contributed by atoms with van der Waals surface area (Å²) in [6.07, 6.45) is 0.860. The average molecular weight is 308 g/mol. The molecule has 0 fully saturated rings. The Labute approximate surface area is 136 Å². The first-order chi connectivity index (χ1) is 11.2. The van der Waals surface area contributed by atoms with E-state index in [-0.39, 0.29) is 0 Å². The van der Waals surface area contributed by atoms with Gasteiger partial charge in [-0.15, -0.1) is 0 Å². The third-order valence-electron chi connectivity index (χ3n) is 3.83. The van der Waals surface area contributed by atoms with Crippen molar-refractivity contribution in [3.8, 4) is 34.0 Å². The van der Waals surface area contributed by atoms with Crippen molar-refractivity contribution in [2.75, 3.05) is 14.2 Å². The maximum atomic E-state index is 5.23. The van der Waals surface area contributed by atoms with E-state index in [1.54, 1.807) is 14.2 Å². The lowest BCUT2D eigenvalue weighted by atomic mass is 10.0. The van der Waals surface area contributed by atoms with Crippen molar-refractivity contribution in [2.45, 2.75) is 13.3 Å². The third-order valence-corrected chi connectivity index (χ3v) is 3.83. The summed E-state index contributed by atoms with van der Waals surface area (Å²) in [5, 5.41) is 0. The van der Waals surface area contributed by atoms with Gasteiger partial charge in [0.2, 0.25) is 0 Å². The van der Waals surface area contributed by atoms with Gasteiger partial charge >= 0.3 is 0 Å². The van der Waals surface area contributed by atoms with Crippen LogP contribution in [0.4, 0.5) is 0 Å². The van der Waals surface area contributed by atoms with Crippen LogP contribution < -0.4 is 9.47 Å². The summed E-state index contributed by atoms with van der Waals surface area (Å²) in [5.41, 5.74) is 4.13. The second-order valence-electron chi connectivity index (χ2n) is 5.22. The van der Waals surface area contributed by atoms with E-state index in [0.717, 1.165) is 46.3 Å². The monoisotopic (exact) mass is 308 g/mol. The van der Waals surface area contributed by atoms with Gasteiger partial charge in [-0.25, -0.2) is 4.98 Å². The molecule has 3 aromatic rings. The topological polar surface area (TPSA) is 47.1 Å². The number of aromatic amines is 1. The Hall–Kier alpha value is -2.75. The second kappa shape index (κ2) is 6.57. The van der Waals surface area contributed by atoms with E-state index in [1.165, 1.54) is 0 Å². The number of methoxy groups -OCH3 is 2. The average Bonchev–Trinajstić information content (AvgIpc) is 3.06. The van der Waals surface area contributed by atoms with Crippen LogP contribution in [0, 0.1) is 0 Å². The fourth-order valence-corrected chi connectivity index (χ4v) is 2.51. The highest BCUT2D eigenvalue weighted by molar-refractivity contribution is 5.78. The number of H-pyrrole nitrogens is 1. The van der Waals surface area contributed by atoms with E-state index >= 15 is 0 Å². The zero-order valence-corrected chi connectivity index (χ0v) is 13.6. The fourth-order valence-electron chi connectivity index (χ4n) is 2.51. The van der Waals surface area contributed by atoms with E-state index in [2.05, 4.69) is 11.9 Å². The van der Waals surface area contributed by atoms with Gasteiger partial charge in [0.25, 0.3) is 0 Å². The summed E-state index contributed by atoms with van der Waals surface area (Å²) in [6.45, 7) is 2.09. The van der Waals surface area contributed by atoms with E-state index in [4.69, 9.17) is 14.5 Å². The molecule has 0 aliphatic carbocycles. The third kappa shape index (κ3) is 3.06. The maximum absolute atomic E-state index is 5.23. The van der Waals surface area contributed by atoms with Crippen LogP contribution in [-0.4, -0.2) is 24.2 Å². The molecule has 23 heavy (non-hydrogen) atoms. The van der Waals surface area contributed by atoms with Crippen LogP contribution in [0.3, 0.4) is 0 Å². The lowest BCUT2D eigenvalue weighted by Crippen LogP contribution is -1.87. The molecule has 0 amide bonds. The SMILES string of the molecule is CCc1nc(-c2ccc(OC)cc2)c(-c2ccc(OC)cc2)[nH]1. The van der Waals surface area contributed by atoms with Gasteiger partial charge in [-0.3, -0.25) is 0 Å². The minimum Gasteiger partial charge on any atom is -0.497 e. The first-order valence-electron chi connectivity index (χ1n) is 7.63. The van der Waals surface area contributed by atoms with Crippen LogP contribution >= 0.6 is 0 Å². The molecule has 3 rings (SSSR count). The quantitative estimate of drug-likeness (QED) is 0.763. The van der Waals surface area contributed by atoms with Gasteiger partial charge in [-0.1, -0.05) is 6.92 Å². The highest BCUT2D eigenvalue weighted by atomic mass is 16.5. The molecule has 0 aliphatic rings. The molecule has 1 N–H and O–H groups in total. The molecule has 0 radical (unpaired) electrons. The lowest BCUT2D eigenvalue weighted by molar-refractivity contribution is 0.414. The maximum Gasteiger partial charge on any atom is 0.118 e. The Morgan fingerprint density at radius 1 is 0.826 bits per heavy atom. The van der Waals surface area contributed by atoms with Crippen molar-refractivity contribution >= 4 is 0 Å². The van der Waals surface area contributed by atoms with E-state index in [1.807, 2.05) is 48.5 Å². The normalized spacial score (nSPS) is 10.6. The van der Waals surface area contributed by atoms with E-state index in [0.29, 0.717) is 0 Å². The van der Waals surface area contributed by atoms with Gasteiger partial charge in [-0.05, 0) is 48.5 Å². The Kier molecular flexibility index (Phi) is 4.33. The van der Waals surface area contributed by atoms with Crippen LogP contribution in [-0.2, 0) is 6.42 Å². The standard InChI is InChI=1S/C19H20N2O2/c1-4-17-20-18(13-5-9-15(22-2)10-6-13)19(21-17)14-7-11-16(23-3)12-8-14/h5-12H,4H2,1-3H3,(H,20,21). The number of nitrogens with zero attached hydrogens (tertiary/aromatic N) is 1. The number of imidazole rings is 1. The van der Waals surface area contributed by atoms with Gasteiger partial charge in [-0.2, -0.15) is 0 Å². The minimum absolute atomic E-state index is 0.839. The largest absolute Gasteiger partial charge is 0.497 e. The predicted octanol–water partition coefficient (Wildman–Crippen LogP) is 4.32. The summed E-state index contributed by atoms with van der Waals surface area (Å²) in [6, 6.07) is 16.0. The molecule has 0 bridgehead atoms. The van der Waals surface area contributed by atoms with Crippen LogP contribution in [0.25, 0.3) is 22.5 Å². The number of aryl methyl sites for hydroxylation is 1. The van der Waals surface area contributed by atoms with E-state index in [9.17, 15) is 0 Å². The molecule has 118 valence electrons.